The van der Waals surface area contributed by atoms with Crippen LogP contribution in [0.15, 0.2) is 6.07 Å². The molecule has 0 aromatic heterocycles. The summed E-state index contributed by atoms with van der Waals surface area (Å²) in [5.74, 6) is 0.355. The second kappa shape index (κ2) is 9.08. The minimum atomic E-state index is 0.158. The Morgan fingerprint density at radius 2 is 1.31 bits per heavy atom. The standard InChI is InChI=1S/C9H12O2.C3H8.C2H6/c1-5-4-8(10)7(3)9(11)6(5)2;1-3-2;1-2/h4,10-11H,1-3H3;3H2,1-2H3;1-2H3. The number of phenolic OH excluding ortho intramolecular Hbond substituents is 2. The van der Waals surface area contributed by atoms with Crippen molar-refractivity contribution in [2.45, 2.75) is 54.9 Å². The first-order valence-corrected chi connectivity index (χ1v) is 5.94. The van der Waals surface area contributed by atoms with Crippen LogP contribution in [0.5, 0.6) is 11.5 Å². The van der Waals surface area contributed by atoms with E-state index in [1.165, 1.54) is 6.42 Å². The molecule has 2 N–H and O–H groups in total. The fourth-order valence-electron chi connectivity index (χ4n) is 1.01. The maximum atomic E-state index is 9.41. The third-order valence-electron chi connectivity index (χ3n) is 2.04. The van der Waals surface area contributed by atoms with Crippen molar-refractivity contribution >= 4 is 0 Å². The number of phenols is 2. The number of aromatic hydroxyl groups is 2. The van der Waals surface area contributed by atoms with Crippen molar-refractivity contribution in [3.8, 4) is 11.5 Å². The first-order valence-electron chi connectivity index (χ1n) is 5.94. The minimum absolute atomic E-state index is 0.158. The fourth-order valence-corrected chi connectivity index (χ4v) is 1.01. The van der Waals surface area contributed by atoms with Gasteiger partial charge in [-0.25, -0.2) is 0 Å². The highest BCUT2D eigenvalue weighted by Crippen LogP contribution is 2.31. The Bertz CT molecular complexity index is 278. The molecule has 0 saturated heterocycles. The average Bonchev–Trinajstić information content (AvgIpc) is 2.28. The summed E-state index contributed by atoms with van der Waals surface area (Å²) in [5, 5.41) is 18.7. The van der Waals surface area contributed by atoms with E-state index in [0.29, 0.717) is 5.56 Å². The molecule has 0 aliphatic carbocycles. The van der Waals surface area contributed by atoms with Gasteiger partial charge in [0.1, 0.15) is 11.5 Å². The molecular formula is C14H26O2. The molecule has 0 amide bonds. The molecule has 2 nitrogen and oxygen atoms in total. The molecule has 0 aliphatic rings. The van der Waals surface area contributed by atoms with Gasteiger partial charge < -0.3 is 10.2 Å². The quantitative estimate of drug-likeness (QED) is 0.685. The predicted octanol–water partition coefficient (Wildman–Crippen LogP) is 4.47. The summed E-state index contributed by atoms with van der Waals surface area (Å²) in [5.41, 5.74) is 2.29. The van der Waals surface area contributed by atoms with Crippen molar-refractivity contribution in [2.75, 3.05) is 0 Å². The van der Waals surface area contributed by atoms with Gasteiger partial charge >= 0.3 is 0 Å². The van der Waals surface area contributed by atoms with E-state index in [1.54, 1.807) is 13.0 Å². The average molecular weight is 226 g/mol. The molecule has 1 aromatic carbocycles. The van der Waals surface area contributed by atoms with Crippen LogP contribution in [-0.2, 0) is 0 Å². The lowest BCUT2D eigenvalue weighted by molar-refractivity contribution is 0.439. The van der Waals surface area contributed by atoms with E-state index in [4.69, 9.17) is 0 Å². The topological polar surface area (TPSA) is 40.5 Å². The Balaban J connectivity index is 0. The second-order valence-corrected chi connectivity index (χ2v) is 3.52. The Labute approximate surface area is 100.0 Å². The lowest BCUT2D eigenvalue weighted by atomic mass is 10.0. The largest absolute Gasteiger partial charge is 0.508 e. The number of hydrogen-bond donors (Lipinski definition) is 2. The Hall–Kier alpha value is -1.18. The molecule has 2 heteroatoms. The third kappa shape index (κ3) is 5.06. The number of benzene rings is 1. The minimum Gasteiger partial charge on any atom is -0.508 e. The van der Waals surface area contributed by atoms with Crippen LogP contribution in [0.2, 0.25) is 0 Å². The summed E-state index contributed by atoms with van der Waals surface area (Å²) < 4.78 is 0. The molecule has 0 radical (unpaired) electrons. The molecular weight excluding hydrogens is 200 g/mol. The number of hydrogen-bond acceptors (Lipinski definition) is 2. The molecule has 0 heterocycles. The SMILES string of the molecule is CC.CCC.Cc1cc(O)c(C)c(O)c1C. The van der Waals surface area contributed by atoms with Crippen LogP contribution in [-0.4, -0.2) is 10.2 Å². The maximum Gasteiger partial charge on any atom is 0.125 e. The summed E-state index contributed by atoms with van der Waals surface area (Å²) in [4.78, 5) is 0. The summed E-state index contributed by atoms with van der Waals surface area (Å²) in [6.45, 7) is 13.6. The Morgan fingerprint density at radius 1 is 0.938 bits per heavy atom. The van der Waals surface area contributed by atoms with E-state index >= 15 is 0 Å². The molecule has 1 aromatic rings. The molecule has 0 fully saturated rings. The van der Waals surface area contributed by atoms with Crippen LogP contribution in [0.1, 0.15) is 50.8 Å². The maximum absolute atomic E-state index is 9.41. The molecule has 0 saturated carbocycles. The number of rotatable bonds is 0. The normalized spacial score (nSPS) is 8.44. The molecule has 0 spiro atoms. The molecule has 16 heavy (non-hydrogen) atoms. The molecule has 0 aliphatic heterocycles. The van der Waals surface area contributed by atoms with E-state index in [1.807, 2.05) is 27.7 Å². The van der Waals surface area contributed by atoms with E-state index in [0.717, 1.165) is 11.1 Å². The van der Waals surface area contributed by atoms with Crippen molar-refractivity contribution in [2.24, 2.45) is 0 Å². The van der Waals surface area contributed by atoms with E-state index in [9.17, 15) is 10.2 Å². The molecule has 94 valence electrons. The van der Waals surface area contributed by atoms with E-state index in [-0.39, 0.29) is 11.5 Å². The highest BCUT2D eigenvalue weighted by Gasteiger charge is 2.07. The van der Waals surface area contributed by atoms with Gasteiger partial charge in [0.2, 0.25) is 0 Å². The highest BCUT2D eigenvalue weighted by atomic mass is 16.3. The van der Waals surface area contributed by atoms with Gasteiger partial charge in [0.25, 0.3) is 0 Å². The van der Waals surface area contributed by atoms with Crippen molar-refractivity contribution in [1.29, 1.82) is 0 Å². The van der Waals surface area contributed by atoms with Gasteiger partial charge in [0.15, 0.2) is 0 Å². The summed E-state index contributed by atoms with van der Waals surface area (Å²) in [6.07, 6.45) is 1.25. The van der Waals surface area contributed by atoms with Gasteiger partial charge in [-0.1, -0.05) is 34.1 Å². The second-order valence-electron chi connectivity index (χ2n) is 3.52. The van der Waals surface area contributed by atoms with Gasteiger partial charge in [-0.15, -0.1) is 0 Å². The highest BCUT2D eigenvalue weighted by molar-refractivity contribution is 5.50. The van der Waals surface area contributed by atoms with Crippen LogP contribution in [0.4, 0.5) is 0 Å². The smallest absolute Gasteiger partial charge is 0.125 e. The van der Waals surface area contributed by atoms with Crippen LogP contribution < -0.4 is 0 Å². The zero-order valence-corrected chi connectivity index (χ0v) is 11.7. The van der Waals surface area contributed by atoms with Crippen molar-refractivity contribution in [3.63, 3.8) is 0 Å². The van der Waals surface area contributed by atoms with Crippen LogP contribution >= 0.6 is 0 Å². The summed E-state index contributed by atoms with van der Waals surface area (Å²) in [7, 11) is 0. The van der Waals surface area contributed by atoms with Gasteiger partial charge in [0, 0.05) is 5.56 Å². The predicted molar refractivity (Wildman–Crippen MR) is 71.3 cm³/mol. The van der Waals surface area contributed by atoms with Gasteiger partial charge in [-0.05, 0) is 38.0 Å². The van der Waals surface area contributed by atoms with Crippen LogP contribution in [0.25, 0.3) is 0 Å². The van der Waals surface area contributed by atoms with Gasteiger partial charge in [-0.3, -0.25) is 0 Å². The molecule has 0 bridgehead atoms. The van der Waals surface area contributed by atoms with E-state index < -0.39 is 0 Å². The summed E-state index contributed by atoms with van der Waals surface area (Å²) in [6, 6.07) is 1.66. The number of aryl methyl sites for hydroxylation is 1. The lowest BCUT2D eigenvalue weighted by Crippen LogP contribution is -1.85. The van der Waals surface area contributed by atoms with Crippen molar-refractivity contribution in [3.05, 3.63) is 22.8 Å². The first kappa shape index (κ1) is 17.2. The van der Waals surface area contributed by atoms with Crippen molar-refractivity contribution < 1.29 is 10.2 Å². The third-order valence-corrected chi connectivity index (χ3v) is 2.04. The summed E-state index contributed by atoms with van der Waals surface area (Å²) >= 11 is 0. The van der Waals surface area contributed by atoms with Gasteiger partial charge in [-0.2, -0.15) is 0 Å². The first-order chi connectivity index (χ1) is 7.45. The zero-order chi connectivity index (χ0) is 13.3. The van der Waals surface area contributed by atoms with E-state index in [2.05, 4.69) is 13.8 Å². The van der Waals surface area contributed by atoms with Crippen LogP contribution in [0, 0.1) is 20.8 Å². The zero-order valence-electron chi connectivity index (χ0n) is 11.7. The Kier molecular flexibility index (Phi) is 9.77. The molecule has 0 unspecified atom stereocenters. The Morgan fingerprint density at radius 3 is 1.69 bits per heavy atom. The monoisotopic (exact) mass is 226 g/mol. The molecule has 0 atom stereocenters. The molecule has 1 rings (SSSR count). The van der Waals surface area contributed by atoms with Gasteiger partial charge in [0.05, 0.1) is 0 Å². The lowest BCUT2D eigenvalue weighted by Gasteiger charge is -2.07. The van der Waals surface area contributed by atoms with Crippen LogP contribution in [0.3, 0.4) is 0 Å². The fraction of sp³-hybridized carbons (Fsp3) is 0.571. The van der Waals surface area contributed by atoms with Crippen molar-refractivity contribution in [1.82, 2.24) is 0 Å².